The molecule has 4 heteroatoms. The van der Waals surface area contributed by atoms with E-state index in [-0.39, 0.29) is 30.1 Å². The Morgan fingerprint density at radius 2 is 2.18 bits per heavy atom. The SMILES string of the molecule is CCCC[C@H]1CC(=O)N(C(C)=O)[C@@H]1OC(C)C. The fraction of sp³-hybridized carbons (Fsp3) is 0.846. The molecule has 4 nitrogen and oxygen atoms in total. The van der Waals surface area contributed by atoms with Crippen LogP contribution in [0, 0.1) is 5.92 Å². The van der Waals surface area contributed by atoms with Gasteiger partial charge in [0, 0.05) is 19.3 Å². The topological polar surface area (TPSA) is 46.6 Å². The van der Waals surface area contributed by atoms with Gasteiger partial charge in [0.25, 0.3) is 0 Å². The number of nitrogens with zero attached hydrogens (tertiary/aromatic N) is 1. The van der Waals surface area contributed by atoms with E-state index in [4.69, 9.17) is 4.74 Å². The molecule has 1 aliphatic heterocycles. The van der Waals surface area contributed by atoms with Crippen LogP contribution in [0.15, 0.2) is 0 Å². The van der Waals surface area contributed by atoms with Crippen LogP contribution in [0.25, 0.3) is 0 Å². The summed E-state index contributed by atoms with van der Waals surface area (Å²) in [6.07, 6.45) is 3.23. The van der Waals surface area contributed by atoms with E-state index >= 15 is 0 Å². The molecular formula is C13H23NO3. The van der Waals surface area contributed by atoms with Crippen molar-refractivity contribution in [3.05, 3.63) is 0 Å². The standard InChI is InChI=1S/C13H23NO3/c1-5-6-7-11-8-12(16)14(10(4)15)13(11)17-9(2)3/h9,11,13H,5-8H2,1-4H3/t11-,13+/m0/s1. The minimum atomic E-state index is -0.355. The van der Waals surface area contributed by atoms with Gasteiger partial charge in [0.05, 0.1) is 6.10 Å². The molecule has 0 bridgehead atoms. The van der Waals surface area contributed by atoms with Gasteiger partial charge in [-0.1, -0.05) is 19.8 Å². The van der Waals surface area contributed by atoms with E-state index in [0.717, 1.165) is 19.3 Å². The summed E-state index contributed by atoms with van der Waals surface area (Å²) >= 11 is 0. The number of ether oxygens (including phenoxy) is 1. The van der Waals surface area contributed by atoms with Gasteiger partial charge in [-0.15, -0.1) is 0 Å². The second kappa shape index (κ2) is 6.15. The highest BCUT2D eigenvalue weighted by Crippen LogP contribution is 2.31. The Morgan fingerprint density at radius 3 is 2.65 bits per heavy atom. The number of carbonyl (C=O) groups excluding carboxylic acids is 2. The molecule has 0 aromatic rings. The molecule has 0 spiro atoms. The predicted octanol–water partition coefficient (Wildman–Crippen LogP) is 2.32. The Hall–Kier alpha value is -0.900. The van der Waals surface area contributed by atoms with E-state index < -0.39 is 0 Å². The van der Waals surface area contributed by atoms with Crippen LogP contribution in [-0.4, -0.2) is 29.0 Å². The highest BCUT2D eigenvalue weighted by atomic mass is 16.5. The molecule has 1 saturated heterocycles. The lowest BCUT2D eigenvalue weighted by Crippen LogP contribution is -2.41. The van der Waals surface area contributed by atoms with Crippen LogP contribution in [0.2, 0.25) is 0 Å². The van der Waals surface area contributed by atoms with Gasteiger partial charge >= 0.3 is 0 Å². The van der Waals surface area contributed by atoms with Crippen LogP contribution in [0.1, 0.15) is 53.4 Å². The van der Waals surface area contributed by atoms with Gasteiger partial charge in [-0.05, 0) is 20.3 Å². The second-order valence-corrected chi connectivity index (χ2v) is 4.96. The number of amides is 2. The van der Waals surface area contributed by atoms with Crippen molar-refractivity contribution in [3.8, 4) is 0 Å². The lowest BCUT2D eigenvalue weighted by molar-refractivity contribution is -0.157. The molecule has 17 heavy (non-hydrogen) atoms. The lowest BCUT2D eigenvalue weighted by Gasteiger charge is -2.27. The Bertz CT molecular complexity index is 288. The van der Waals surface area contributed by atoms with Gasteiger partial charge < -0.3 is 4.74 Å². The van der Waals surface area contributed by atoms with Crippen LogP contribution in [-0.2, 0) is 14.3 Å². The van der Waals surface area contributed by atoms with Gasteiger partial charge in [0.1, 0.15) is 6.23 Å². The average molecular weight is 241 g/mol. The zero-order chi connectivity index (χ0) is 13.0. The highest BCUT2D eigenvalue weighted by molar-refractivity contribution is 5.96. The van der Waals surface area contributed by atoms with E-state index in [0.29, 0.717) is 6.42 Å². The molecule has 1 rings (SSSR count). The normalized spacial score (nSPS) is 24.8. The Kier molecular flexibility index (Phi) is 5.12. The summed E-state index contributed by atoms with van der Waals surface area (Å²) in [5, 5.41) is 0. The molecule has 2 atom stereocenters. The smallest absolute Gasteiger partial charge is 0.231 e. The first-order valence-electron chi connectivity index (χ1n) is 6.45. The number of rotatable bonds is 5. The minimum absolute atomic E-state index is 0.0249. The van der Waals surface area contributed by atoms with Gasteiger partial charge in [-0.25, -0.2) is 0 Å². The third kappa shape index (κ3) is 3.53. The monoisotopic (exact) mass is 241 g/mol. The van der Waals surface area contributed by atoms with Crippen molar-refractivity contribution >= 4 is 11.8 Å². The Balaban J connectivity index is 2.76. The molecule has 1 fully saturated rings. The van der Waals surface area contributed by atoms with Crippen molar-refractivity contribution in [1.82, 2.24) is 4.90 Å². The van der Waals surface area contributed by atoms with Crippen molar-refractivity contribution < 1.29 is 14.3 Å². The largest absolute Gasteiger partial charge is 0.355 e. The molecule has 0 saturated carbocycles. The Labute approximate surface area is 103 Å². The molecule has 0 aromatic heterocycles. The van der Waals surface area contributed by atoms with Gasteiger partial charge in [-0.2, -0.15) is 0 Å². The third-order valence-corrected chi connectivity index (χ3v) is 3.04. The maximum absolute atomic E-state index is 11.8. The quantitative estimate of drug-likeness (QED) is 0.742. The fourth-order valence-corrected chi connectivity index (χ4v) is 2.29. The molecule has 0 aromatic carbocycles. The summed E-state index contributed by atoms with van der Waals surface area (Å²) in [6, 6.07) is 0. The predicted molar refractivity (Wildman–Crippen MR) is 65.2 cm³/mol. The maximum Gasteiger partial charge on any atom is 0.231 e. The van der Waals surface area contributed by atoms with E-state index in [2.05, 4.69) is 6.92 Å². The zero-order valence-electron chi connectivity index (χ0n) is 11.2. The fourth-order valence-electron chi connectivity index (χ4n) is 2.29. The number of unbranched alkanes of at least 4 members (excludes halogenated alkanes) is 1. The minimum Gasteiger partial charge on any atom is -0.355 e. The molecule has 1 heterocycles. The van der Waals surface area contributed by atoms with Crippen molar-refractivity contribution in [2.45, 2.75) is 65.7 Å². The second-order valence-electron chi connectivity index (χ2n) is 4.96. The van der Waals surface area contributed by atoms with Crippen molar-refractivity contribution in [3.63, 3.8) is 0 Å². The van der Waals surface area contributed by atoms with Crippen LogP contribution < -0.4 is 0 Å². The lowest BCUT2D eigenvalue weighted by atomic mass is 9.99. The van der Waals surface area contributed by atoms with Crippen LogP contribution in [0.3, 0.4) is 0 Å². The van der Waals surface area contributed by atoms with Crippen molar-refractivity contribution in [2.24, 2.45) is 5.92 Å². The molecular weight excluding hydrogens is 218 g/mol. The van der Waals surface area contributed by atoms with Gasteiger partial charge in [0.15, 0.2) is 0 Å². The molecule has 0 aliphatic carbocycles. The molecule has 0 unspecified atom stereocenters. The number of hydrogen-bond donors (Lipinski definition) is 0. The van der Waals surface area contributed by atoms with E-state index in [1.165, 1.54) is 11.8 Å². The third-order valence-electron chi connectivity index (χ3n) is 3.04. The first-order chi connectivity index (χ1) is 7.97. The van der Waals surface area contributed by atoms with Gasteiger partial charge in [0.2, 0.25) is 11.8 Å². The molecule has 1 aliphatic rings. The van der Waals surface area contributed by atoms with Crippen molar-refractivity contribution in [1.29, 1.82) is 0 Å². The molecule has 98 valence electrons. The van der Waals surface area contributed by atoms with Crippen molar-refractivity contribution in [2.75, 3.05) is 0 Å². The summed E-state index contributed by atoms with van der Waals surface area (Å²) in [7, 11) is 0. The number of likely N-dealkylation sites (tertiary alicyclic amines) is 1. The van der Waals surface area contributed by atoms with Gasteiger partial charge in [-0.3, -0.25) is 14.5 Å². The van der Waals surface area contributed by atoms with Crippen LogP contribution in [0.5, 0.6) is 0 Å². The van der Waals surface area contributed by atoms with E-state index in [9.17, 15) is 9.59 Å². The summed E-state index contributed by atoms with van der Waals surface area (Å²) in [4.78, 5) is 24.6. The summed E-state index contributed by atoms with van der Waals surface area (Å²) < 4.78 is 5.75. The number of hydrogen-bond acceptors (Lipinski definition) is 3. The summed E-state index contributed by atoms with van der Waals surface area (Å²) in [6.45, 7) is 7.41. The average Bonchev–Trinajstić information content (AvgIpc) is 2.51. The summed E-state index contributed by atoms with van der Waals surface area (Å²) in [5.74, 6) is -0.141. The van der Waals surface area contributed by atoms with Crippen LogP contribution in [0.4, 0.5) is 0 Å². The van der Waals surface area contributed by atoms with Crippen LogP contribution >= 0.6 is 0 Å². The molecule has 0 radical (unpaired) electrons. The first-order valence-corrected chi connectivity index (χ1v) is 6.45. The zero-order valence-corrected chi connectivity index (χ0v) is 11.2. The maximum atomic E-state index is 11.8. The van der Waals surface area contributed by atoms with E-state index in [1.54, 1.807) is 0 Å². The number of imide groups is 1. The highest BCUT2D eigenvalue weighted by Gasteiger charge is 2.42. The van der Waals surface area contributed by atoms with E-state index in [1.807, 2.05) is 13.8 Å². The Morgan fingerprint density at radius 1 is 1.53 bits per heavy atom. The number of carbonyl (C=O) groups is 2. The molecule has 0 N–H and O–H groups in total. The molecule has 2 amide bonds. The summed E-state index contributed by atoms with van der Waals surface area (Å²) in [5.41, 5.74) is 0. The first kappa shape index (κ1) is 14.2.